The molecule has 2 amide bonds. The quantitative estimate of drug-likeness (QED) is 0.448. The summed E-state index contributed by atoms with van der Waals surface area (Å²) in [6.07, 6.45) is 0. The predicted octanol–water partition coefficient (Wildman–Crippen LogP) is 5.00. The van der Waals surface area contributed by atoms with Crippen molar-refractivity contribution >= 4 is 64.1 Å². The molecule has 0 radical (unpaired) electrons. The van der Waals surface area contributed by atoms with Crippen LogP contribution in [0.3, 0.4) is 0 Å². The highest BCUT2D eigenvalue weighted by Crippen LogP contribution is 2.24. The monoisotopic (exact) mass is 497 g/mol. The van der Waals surface area contributed by atoms with Crippen LogP contribution in [0.4, 0.5) is 5.69 Å². The molecule has 0 bridgehead atoms. The van der Waals surface area contributed by atoms with Gasteiger partial charge in [0.1, 0.15) is 0 Å². The third-order valence-corrected chi connectivity index (χ3v) is 6.16. The van der Waals surface area contributed by atoms with Crippen molar-refractivity contribution in [2.24, 2.45) is 7.05 Å². The molecule has 1 heterocycles. The van der Waals surface area contributed by atoms with Crippen molar-refractivity contribution < 1.29 is 9.59 Å². The number of carbonyl (C=O) groups is 2. The smallest absolute Gasteiger partial charge is 0.253 e. The minimum absolute atomic E-state index is 0.123. The van der Waals surface area contributed by atoms with Gasteiger partial charge in [0.25, 0.3) is 5.91 Å². The van der Waals surface area contributed by atoms with Gasteiger partial charge in [-0.05, 0) is 37.3 Å². The Balaban J connectivity index is 1.60. The van der Waals surface area contributed by atoms with Crippen LogP contribution in [0.1, 0.15) is 29.1 Å². The van der Waals surface area contributed by atoms with E-state index in [9.17, 15) is 9.59 Å². The Morgan fingerprint density at radius 1 is 1.10 bits per heavy atom. The molecule has 2 aromatic carbocycles. The van der Waals surface area contributed by atoms with E-state index in [-0.39, 0.29) is 22.6 Å². The zero-order valence-corrected chi connectivity index (χ0v) is 19.6. The number of nitrogens with one attached hydrogen (secondary N) is 2. The van der Waals surface area contributed by atoms with E-state index in [0.29, 0.717) is 32.3 Å². The Kier molecular flexibility index (Phi) is 7.83. The lowest BCUT2D eigenvalue weighted by atomic mass is 10.2. The highest BCUT2D eigenvalue weighted by molar-refractivity contribution is 7.99. The number of carbonyl (C=O) groups excluding carboxylic acids is 2. The molecule has 3 aromatic rings. The molecule has 11 heteroatoms. The first-order valence-electron chi connectivity index (χ1n) is 9.08. The number of hydrogen-bond donors (Lipinski definition) is 2. The van der Waals surface area contributed by atoms with Crippen molar-refractivity contribution in [1.82, 2.24) is 20.1 Å². The van der Waals surface area contributed by atoms with Crippen LogP contribution in [0.15, 0.2) is 47.6 Å². The number of hydrogen-bond acceptors (Lipinski definition) is 5. The minimum Gasteiger partial charge on any atom is -0.342 e. The molecular formula is C20H18Cl3N5O2S. The van der Waals surface area contributed by atoms with E-state index in [2.05, 4.69) is 20.8 Å². The summed E-state index contributed by atoms with van der Waals surface area (Å²) in [5, 5.41) is 15.6. The fourth-order valence-electron chi connectivity index (χ4n) is 2.72. The number of anilines is 1. The molecule has 0 aliphatic heterocycles. The van der Waals surface area contributed by atoms with E-state index in [1.807, 2.05) is 0 Å². The maximum Gasteiger partial charge on any atom is 0.253 e. The predicted molar refractivity (Wildman–Crippen MR) is 124 cm³/mol. The topological polar surface area (TPSA) is 88.9 Å². The van der Waals surface area contributed by atoms with Crippen molar-refractivity contribution in [2.45, 2.75) is 18.1 Å². The molecule has 7 nitrogen and oxygen atoms in total. The van der Waals surface area contributed by atoms with E-state index >= 15 is 0 Å². The number of halogens is 3. The first-order chi connectivity index (χ1) is 14.8. The zero-order chi connectivity index (χ0) is 22.5. The number of benzene rings is 2. The van der Waals surface area contributed by atoms with E-state index < -0.39 is 6.04 Å². The normalized spacial score (nSPS) is 11.8. The van der Waals surface area contributed by atoms with Crippen molar-refractivity contribution in [3.05, 3.63) is 68.9 Å². The lowest BCUT2D eigenvalue weighted by Crippen LogP contribution is -2.28. The summed E-state index contributed by atoms with van der Waals surface area (Å²) in [5.74, 6) is 0.0810. The molecular weight excluding hydrogens is 481 g/mol. The molecule has 0 aliphatic carbocycles. The third kappa shape index (κ3) is 5.92. The number of para-hydroxylation sites is 1. The fourth-order valence-corrected chi connectivity index (χ4v) is 4.12. The molecule has 1 atom stereocenters. The zero-order valence-electron chi connectivity index (χ0n) is 16.5. The molecule has 0 aliphatic rings. The van der Waals surface area contributed by atoms with Crippen LogP contribution in [0, 0.1) is 0 Å². The van der Waals surface area contributed by atoms with E-state index in [4.69, 9.17) is 34.8 Å². The Hall–Kier alpha value is -2.26. The molecule has 31 heavy (non-hydrogen) atoms. The van der Waals surface area contributed by atoms with Crippen LogP contribution >= 0.6 is 46.6 Å². The molecule has 0 saturated carbocycles. The van der Waals surface area contributed by atoms with Gasteiger partial charge >= 0.3 is 0 Å². The number of nitrogens with zero attached hydrogens (tertiary/aromatic N) is 3. The van der Waals surface area contributed by atoms with Crippen molar-refractivity contribution in [2.75, 3.05) is 11.1 Å². The van der Waals surface area contributed by atoms with E-state index in [0.717, 1.165) is 0 Å². The van der Waals surface area contributed by atoms with E-state index in [1.54, 1.807) is 54.9 Å². The second-order valence-corrected chi connectivity index (χ2v) is 8.73. The van der Waals surface area contributed by atoms with Crippen LogP contribution in [-0.2, 0) is 11.8 Å². The molecule has 0 saturated heterocycles. The van der Waals surface area contributed by atoms with Crippen LogP contribution in [0.2, 0.25) is 15.1 Å². The molecule has 1 aromatic heterocycles. The van der Waals surface area contributed by atoms with Gasteiger partial charge in [-0.3, -0.25) is 9.59 Å². The summed E-state index contributed by atoms with van der Waals surface area (Å²) in [6, 6.07) is 11.2. The maximum atomic E-state index is 12.5. The summed E-state index contributed by atoms with van der Waals surface area (Å²) >= 11 is 19.3. The Morgan fingerprint density at radius 3 is 2.55 bits per heavy atom. The van der Waals surface area contributed by atoms with Gasteiger partial charge < -0.3 is 15.2 Å². The third-order valence-electron chi connectivity index (χ3n) is 4.26. The summed E-state index contributed by atoms with van der Waals surface area (Å²) in [7, 11) is 1.77. The highest BCUT2D eigenvalue weighted by atomic mass is 35.5. The Labute approximate surface area is 198 Å². The van der Waals surface area contributed by atoms with Crippen LogP contribution in [0.5, 0.6) is 0 Å². The fraction of sp³-hybridized carbons (Fsp3) is 0.200. The van der Waals surface area contributed by atoms with Gasteiger partial charge in [-0.25, -0.2) is 0 Å². The number of thioether (sulfide) groups is 1. The average Bonchev–Trinajstić information content (AvgIpc) is 3.08. The summed E-state index contributed by atoms with van der Waals surface area (Å²) in [5.41, 5.74) is 0.858. The number of amides is 2. The molecule has 0 fully saturated rings. The largest absolute Gasteiger partial charge is 0.342 e. The maximum absolute atomic E-state index is 12.5. The molecule has 0 spiro atoms. The summed E-state index contributed by atoms with van der Waals surface area (Å²) < 4.78 is 1.72. The first kappa shape index (κ1) is 23.4. The van der Waals surface area contributed by atoms with Gasteiger partial charge in [-0.2, -0.15) is 0 Å². The Bertz CT molecular complexity index is 1120. The van der Waals surface area contributed by atoms with Crippen LogP contribution in [-0.4, -0.2) is 32.3 Å². The standard InChI is InChI=1S/C20H18Cl3N5O2S/c1-11(24-19(30)13-8-7-12(21)9-15(13)23)18-26-27-20(28(18)2)31-10-17(29)25-16-6-4-3-5-14(16)22/h3-9,11H,10H2,1-2H3,(H,24,30)(H,25,29)/t11-/m0/s1. The van der Waals surface area contributed by atoms with Gasteiger partial charge in [0.15, 0.2) is 11.0 Å². The average molecular weight is 499 g/mol. The lowest BCUT2D eigenvalue weighted by molar-refractivity contribution is -0.113. The number of aromatic nitrogens is 3. The van der Waals surface area contributed by atoms with Crippen molar-refractivity contribution in [3.63, 3.8) is 0 Å². The van der Waals surface area contributed by atoms with E-state index in [1.165, 1.54) is 17.8 Å². The Morgan fingerprint density at radius 2 is 1.84 bits per heavy atom. The lowest BCUT2D eigenvalue weighted by Gasteiger charge is -2.14. The SMILES string of the molecule is C[C@H](NC(=O)c1ccc(Cl)cc1Cl)c1nnc(SCC(=O)Nc2ccccc2Cl)n1C. The van der Waals surface area contributed by atoms with Gasteiger partial charge in [0.2, 0.25) is 5.91 Å². The minimum atomic E-state index is -0.442. The molecule has 0 unspecified atom stereocenters. The summed E-state index contributed by atoms with van der Waals surface area (Å²) in [4.78, 5) is 24.8. The first-order valence-corrected chi connectivity index (χ1v) is 11.2. The van der Waals surface area contributed by atoms with Gasteiger partial charge in [0, 0.05) is 12.1 Å². The van der Waals surface area contributed by atoms with Crippen molar-refractivity contribution in [1.29, 1.82) is 0 Å². The van der Waals surface area contributed by atoms with Crippen LogP contribution < -0.4 is 10.6 Å². The molecule has 2 N–H and O–H groups in total. The van der Waals surface area contributed by atoms with Crippen LogP contribution in [0.25, 0.3) is 0 Å². The van der Waals surface area contributed by atoms with Gasteiger partial charge in [-0.15, -0.1) is 10.2 Å². The molecule has 3 rings (SSSR count). The highest BCUT2D eigenvalue weighted by Gasteiger charge is 2.20. The van der Waals surface area contributed by atoms with Crippen molar-refractivity contribution in [3.8, 4) is 0 Å². The second kappa shape index (κ2) is 10.4. The second-order valence-electron chi connectivity index (χ2n) is 6.54. The van der Waals surface area contributed by atoms with Gasteiger partial charge in [-0.1, -0.05) is 58.7 Å². The van der Waals surface area contributed by atoms with Gasteiger partial charge in [0.05, 0.1) is 33.1 Å². The summed E-state index contributed by atoms with van der Waals surface area (Å²) in [6.45, 7) is 1.78. The number of rotatable bonds is 7. The molecule has 162 valence electrons.